The molecule has 2 rings (SSSR count). The van der Waals surface area contributed by atoms with E-state index in [9.17, 15) is 4.79 Å². The van der Waals surface area contributed by atoms with Crippen LogP contribution in [0, 0.1) is 0 Å². The number of hydrogen-bond donors (Lipinski definition) is 1. The second kappa shape index (κ2) is 5.01. The quantitative estimate of drug-likeness (QED) is 0.896. The van der Waals surface area contributed by atoms with Crippen molar-refractivity contribution in [1.29, 1.82) is 0 Å². The van der Waals surface area contributed by atoms with Crippen LogP contribution in [0.15, 0.2) is 42.5 Å². The summed E-state index contributed by atoms with van der Waals surface area (Å²) in [4.78, 5) is 11.6. The molecule has 0 aliphatic heterocycles. The number of carbonyl (C=O) groups is 1. The monoisotopic (exact) mass is 248 g/mol. The molecular formula is C13H12O3S. The van der Waals surface area contributed by atoms with Gasteiger partial charge in [-0.1, -0.05) is 18.2 Å². The minimum Gasteiger partial charge on any atom is -0.481 e. The van der Waals surface area contributed by atoms with Crippen molar-refractivity contribution >= 4 is 17.3 Å². The highest BCUT2D eigenvalue weighted by molar-refractivity contribution is 7.14. The van der Waals surface area contributed by atoms with Gasteiger partial charge in [-0.3, -0.25) is 4.79 Å². The summed E-state index contributed by atoms with van der Waals surface area (Å²) in [5.74, 6) is -0.560. The molecule has 0 radical (unpaired) electrons. The van der Waals surface area contributed by atoms with Gasteiger partial charge >= 0.3 is 5.97 Å². The lowest BCUT2D eigenvalue weighted by Crippen LogP contribution is -2.04. The highest BCUT2D eigenvalue weighted by Gasteiger charge is 2.16. The van der Waals surface area contributed by atoms with Gasteiger partial charge in [0.15, 0.2) is 5.06 Å². The van der Waals surface area contributed by atoms with E-state index in [1.807, 2.05) is 30.3 Å². The first-order chi connectivity index (χ1) is 8.16. The molecule has 17 heavy (non-hydrogen) atoms. The fraction of sp³-hybridized carbons (Fsp3) is 0.154. The Hall–Kier alpha value is -1.81. The number of rotatable bonds is 4. The molecule has 1 N–H and O–H groups in total. The van der Waals surface area contributed by atoms with E-state index in [4.69, 9.17) is 9.84 Å². The second-order valence-corrected chi connectivity index (χ2v) is 4.71. The zero-order chi connectivity index (χ0) is 12.3. The molecule has 1 atom stereocenters. The van der Waals surface area contributed by atoms with Crippen LogP contribution in [0.2, 0.25) is 0 Å². The summed E-state index contributed by atoms with van der Waals surface area (Å²) in [5, 5.41) is 9.61. The van der Waals surface area contributed by atoms with Crippen LogP contribution in [-0.4, -0.2) is 11.1 Å². The van der Waals surface area contributed by atoms with Gasteiger partial charge in [0, 0.05) is 4.88 Å². The molecule has 0 saturated carbocycles. The minimum atomic E-state index is -0.821. The predicted molar refractivity (Wildman–Crippen MR) is 66.9 cm³/mol. The van der Waals surface area contributed by atoms with Crippen LogP contribution >= 0.6 is 11.3 Å². The van der Waals surface area contributed by atoms with Crippen molar-refractivity contribution in [1.82, 2.24) is 0 Å². The number of benzene rings is 1. The Morgan fingerprint density at radius 3 is 2.59 bits per heavy atom. The second-order valence-electron chi connectivity index (χ2n) is 3.63. The predicted octanol–water partition coefficient (Wildman–Crippen LogP) is 3.73. The first kappa shape index (κ1) is 11.7. The van der Waals surface area contributed by atoms with Crippen LogP contribution < -0.4 is 4.74 Å². The van der Waals surface area contributed by atoms with Crippen LogP contribution in [0.3, 0.4) is 0 Å². The third-order valence-corrected chi connectivity index (χ3v) is 3.51. The Morgan fingerprint density at radius 2 is 1.94 bits per heavy atom. The van der Waals surface area contributed by atoms with Crippen molar-refractivity contribution in [3.8, 4) is 10.8 Å². The van der Waals surface area contributed by atoms with Crippen molar-refractivity contribution in [3.05, 3.63) is 47.3 Å². The van der Waals surface area contributed by atoms with E-state index in [2.05, 4.69) is 0 Å². The van der Waals surface area contributed by atoms with Crippen LogP contribution in [0.1, 0.15) is 17.7 Å². The van der Waals surface area contributed by atoms with E-state index in [0.717, 1.165) is 10.6 Å². The molecule has 0 aliphatic rings. The molecule has 0 aliphatic carbocycles. The van der Waals surface area contributed by atoms with E-state index in [1.165, 1.54) is 11.3 Å². The smallest absolute Gasteiger partial charge is 0.311 e. The van der Waals surface area contributed by atoms with E-state index in [0.29, 0.717) is 5.06 Å². The maximum absolute atomic E-state index is 10.8. The summed E-state index contributed by atoms with van der Waals surface area (Å²) in [6.45, 7) is 1.67. The third-order valence-electron chi connectivity index (χ3n) is 2.36. The molecule has 1 heterocycles. The first-order valence-corrected chi connectivity index (χ1v) is 6.04. The standard InChI is InChI=1S/C13H12O3S/c1-9(13(14)15)11-7-8-12(17-11)16-10-5-3-2-4-6-10/h2-9H,1H3,(H,14,15). The van der Waals surface area contributed by atoms with Gasteiger partial charge in [-0.05, 0) is 31.2 Å². The van der Waals surface area contributed by atoms with Gasteiger partial charge in [0.2, 0.25) is 0 Å². The number of aliphatic carboxylic acids is 1. The molecule has 3 nitrogen and oxygen atoms in total. The van der Waals surface area contributed by atoms with E-state index >= 15 is 0 Å². The van der Waals surface area contributed by atoms with Gasteiger partial charge in [0.1, 0.15) is 5.75 Å². The van der Waals surface area contributed by atoms with Gasteiger partial charge in [-0.15, -0.1) is 11.3 Å². The summed E-state index contributed by atoms with van der Waals surface area (Å²) in [5.41, 5.74) is 0. The maximum atomic E-state index is 10.8. The van der Waals surface area contributed by atoms with E-state index in [-0.39, 0.29) is 0 Å². The lowest BCUT2D eigenvalue weighted by atomic mass is 10.1. The molecule has 0 bridgehead atoms. The fourth-order valence-corrected chi connectivity index (χ4v) is 2.27. The Labute approximate surface area is 103 Å². The summed E-state index contributed by atoms with van der Waals surface area (Å²) in [7, 11) is 0. The Kier molecular flexibility index (Phi) is 3.44. The van der Waals surface area contributed by atoms with Gasteiger partial charge in [0.05, 0.1) is 5.92 Å². The molecule has 2 aromatic rings. The average molecular weight is 248 g/mol. The molecule has 0 fully saturated rings. The van der Waals surface area contributed by atoms with Crippen molar-refractivity contribution in [2.45, 2.75) is 12.8 Å². The molecule has 0 spiro atoms. The van der Waals surface area contributed by atoms with Crippen LogP contribution in [-0.2, 0) is 4.79 Å². The highest BCUT2D eigenvalue weighted by atomic mass is 32.1. The third kappa shape index (κ3) is 2.85. The number of hydrogen-bond acceptors (Lipinski definition) is 3. The van der Waals surface area contributed by atoms with Crippen molar-refractivity contribution in [2.24, 2.45) is 0 Å². The van der Waals surface area contributed by atoms with Crippen molar-refractivity contribution in [2.75, 3.05) is 0 Å². The van der Waals surface area contributed by atoms with Gasteiger partial charge in [0.25, 0.3) is 0 Å². The topological polar surface area (TPSA) is 46.5 Å². The lowest BCUT2D eigenvalue weighted by molar-refractivity contribution is -0.138. The van der Waals surface area contributed by atoms with E-state index < -0.39 is 11.9 Å². The molecule has 4 heteroatoms. The summed E-state index contributed by atoms with van der Waals surface area (Å²) >= 11 is 1.36. The summed E-state index contributed by atoms with van der Waals surface area (Å²) in [6.07, 6.45) is 0. The van der Waals surface area contributed by atoms with Gasteiger partial charge in [-0.25, -0.2) is 0 Å². The van der Waals surface area contributed by atoms with E-state index in [1.54, 1.807) is 19.1 Å². The number of ether oxygens (including phenoxy) is 1. The first-order valence-electron chi connectivity index (χ1n) is 5.22. The Bertz CT molecular complexity index is 504. The Balaban J connectivity index is 2.11. The molecule has 0 amide bonds. The van der Waals surface area contributed by atoms with Gasteiger partial charge < -0.3 is 9.84 Å². The normalized spacial score (nSPS) is 12.1. The molecule has 1 aromatic carbocycles. The number of para-hydroxylation sites is 1. The fourth-order valence-electron chi connectivity index (χ4n) is 1.35. The number of thiophene rings is 1. The number of carboxylic acids is 1. The molecule has 1 aromatic heterocycles. The lowest BCUT2D eigenvalue weighted by Gasteiger charge is -2.02. The SMILES string of the molecule is CC(C(=O)O)c1ccc(Oc2ccccc2)s1. The van der Waals surface area contributed by atoms with Gasteiger partial charge in [-0.2, -0.15) is 0 Å². The van der Waals surface area contributed by atoms with Crippen LogP contribution in [0.4, 0.5) is 0 Å². The van der Waals surface area contributed by atoms with Crippen molar-refractivity contribution in [3.63, 3.8) is 0 Å². The molecule has 88 valence electrons. The molecule has 0 saturated heterocycles. The van der Waals surface area contributed by atoms with Crippen LogP contribution in [0.25, 0.3) is 0 Å². The molecule has 1 unspecified atom stereocenters. The average Bonchev–Trinajstić information content (AvgIpc) is 2.77. The summed E-state index contributed by atoms with van der Waals surface area (Å²) in [6, 6.07) is 13.0. The number of carboxylic acid groups (broad SMARTS) is 1. The zero-order valence-electron chi connectivity index (χ0n) is 9.29. The minimum absolute atomic E-state index is 0.492. The largest absolute Gasteiger partial charge is 0.481 e. The molecular weight excluding hydrogens is 236 g/mol. The summed E-state index contributed by atoms with van der Waals surface area (Å²) < 4.78 is 5.61. The highest BCUT2D eigenvalue weighted by Crippen LogP contribution is 2.33. The van der Waals surface area contributed by atoms with Crippen LogP contribution in [0.5, 0.6) is 10.8 Å². The van der Waals surface area contributed by atoms with Crippen molar-refractivity contribution < 1.29 is 14.6 Å². The Morgan fingerprint density at radius 1 is 1.24 bits per heavy atom. The zero-order valence-corrected chi connectivity index (χ0v) is 10.1. The maximum Gasteiger partial charge on any atom is 0.311 e.